The summed E-state index contributed by atoms with van der Waals surface area (Å²) in [5.41, 5.74) is 9.50. The summed E-state index contributed by atoms with van der Waals surface area (Å²) in [6, 6.07) is 54.3. The largest absolute Gasteiger partial charge is 0.456 e. The maximum atomic E-state index is 6.80. The van der Waals surface area contributed by atoms with E-state index in [0.717, 1.165) is 83.1 Å². The van der Waals surface area contributed by atoms with E-state index in [9.17, 15) is 0 Å². The number of hydrogen-bond acceptors (Lipinski definition) is 5. The van der Waals surface area contributed by atoms with Gasteiger partial charge in [0.05, 0.1) is 16.7 Å². The molecule has 4 heterocycles. The van der Waals surface area contributed by atoms with Gasteiger partial charge in [-0.15, -0.1) is 0 Å². The molecule has 10 aromatic rings. The molecule has 1 atom stereocenters. The number of amidine groups is 2. The number of nitrogens with one attached hydrogen (secondary N) is 1. The predicted octanol–water partition coefficient (Wildman–Crippen LogP) is 11.1. The number of aliphatic imine (C=N–C) groups is 2. The van der Waals surface area contributed by atoms with E-state index in [1.54, 1.807) is 0 Å². The first-order chi connectivity index (χ1) is 25.3. The zero-order chi connectivity index (χ0) is 33.5. The topological polar surface area (TPSA) is 68.0 Å². The second-order valence-corrected chi connectivity index (χ2v) is 13.0. The zero-order valence-electron chi connectivity index (χ0n) is 27.2. The Balaban J connectivity index is 1.10. The van der Waals surface area contributed by atoms with Crippen LogP contribution < -0.4 is 5.32 Å². The van der Waals surface area contributed by atoms with Gasteiger partial charge in [0.2, 0.25) is 0 Å². The van der Waals surface area contributed by atoms with Gasteiger partial charge in [0.1, 0.15) is 28.8 Å². The SMILES string of the molecule is c1ccc(C2=NC(c3ccc4c(c3)oc3c(-n5c6ccccc6c6ccccc65)cccc34)=NC(c3cccc4oc5ccccc5c34)N2)cc1. The predicted molar refractivity (Wildman–Crippen MR) is 207 cm³/mol. The Kier molecular flexibility index (Phi) is 5.92. The summed E-state index contributed by atoms with van der Waals surface area (Å²) >= 11 is 0. The normalized spacial score (nSPS) is 14.9. The summed E-state index contributed by atoms with van der Waals surface area (Å²) < 4.78 is 15.4. The minimum Gasteiger partial charge on any atom is -0.456 e. The van der Waals surface area contributed by atoms with Crippen LogP contribution in [0.3, 0.4) is 0 Å². The van der Waals surface area contributed by atoms with Crippen LogP contribution in [0.15, 0.2) is 177 Å². The number of hydrogen-bond donors (Lipinski definition) is 1. The molecule has 0 saturated heterocycles. The molecule has 0 aliphatic carbocycles. The van der Waals surface area contributed by atoms with E-state index in [1.807, 2.05) is 48.5 Å². The average Bonchev–Trinajstić information content (AvgIpc) is 3.87. The molecule has 1 N–H and O–H groups in total. The third kappa shape index (κ3) is 4.23. The van der Waals surface area contributed by atoms with Gasteiger partial charge in [-0.1, -0.05) is 115 Å². The molecule has 11 rings (SSSR count). The molecular weight excluding hydrogens is 629 g/mol. The van der Waals surface area contributed by atoms with Crippen LogP contribution >= 0.6 is 0 Å². The summed E-state index contributed by atoms with van der Waals surface area (Å²) in [5.74, 6) is 1.39. The molecule has 7 aromatic carbocycles. The molecule has 3 aromatic heterocycles. The van der Waals surface area contributed by atoms with Gasteiger partial charge < -0.3 is 18.7 Å². The highest BCUT2D eigenvalue weighted by Crippen LogP contribution is 2.39. The summed E-state index contributed by atoms with van der Waals surface area (Å²) in [6.45, 7) is 0. The van der Waals surface area contributed by atoms with Crippen LogP contribution in [0.4, 0.5) is 0 Å². The van der Waals surface area contributed by atoms with Gasteiger partial charge in [-0.25, -0.2) is 9.98 Å². The quantitative estimate of drug-likeness (QED) is 0.205. The molecule has 6 heteroatoms. The fourth-order valence-corrected chi connectivity index (χ4v) is 7.79. The minimum absolute atomic E-state index is 0.398. The van der Waals surface area contributed by atoms with Gasteiger partial charge in [-0.2, -0.15) is 0 Å². The van der Waals surface area contributed by atoms with Crippen molar-refractivity contribution in [1.29, 1.82) is 0 Å². The Morgan fingerprint density at radius 3 is 2.02 bits per heavy atom. The van der Waals surface area contributed by atoms with Gasteiger partial charge >= 0.3 is 0 Å². The van der Waals surface area contributed by atoms with Crippen LogP contribution in [0.25, 0.3) is 71.4 Å². The minimum atomic E-state index is -0.398. The Morgan fingerprint density at radius 1 is 0.510 bits per heavy atom. The molecule has 0 spiro atoms. The third-order valence-electron chi connectivity index (χ3n) is 10.1. The molecule has 0 saturated carbocycles. The highest BCUT2D eigenvalue weighted by atomic mass is 16.3. The number of benzene rings is 7. The Morgan fingerprint density at radius 2 is 1.20 bits per heavy atom. The molecule has 1 aliphatic heterocycles. The van der Waals surface area contributed by atoms with Crippen molar-refractivity contribution in [2.75, 3.05) is 0 Å². The fourth-order valence-electron chi connectivity index (χ4n) is 7.79. The average molecular weight is 657 g/mol. The van der Waals surface area contributed by atoms with Crippen LogP contribution in [0.2, 0.25) is 0 Å². The van der Waals surface area contributed by atoms with E-state index in [4.69, 9.17) is 18.8 Å². The lowest BCUT2D eigenvalue weighted by Gasteiger charge is -2.24. The molecular formula is C45H28N4O2. The van der Waals surface area contributed by atoms with Crippen LogP contribution in [0, 0.1) is 0 Å². The van der Waals surface area contributed by atoms with Crippen molar-refractivity contribution in [2.24, 2.45) is 9.98 Å². The smallest absolute Gasteiger partial charge is 0.159 e. The fraction of sp³-hybridized carbons (Fsp3) is 0.0222. The number of nitrogens with zero attached hydrogens (tertiary/aromatic N) is 3. The van der Waals surface area contributed by atoms with E-state index in [2.05, 4.69) is 119 Å². The molecule has 0 fully saturated rings. The number of furan rings is 2. The summed E-state index contributed by atoms with van der Waals surface area (Å²) in [7, 11) is 0. The summed E-state index contributed by atoms with van der Waals surface area (Å²) in [6.07, 6.45) is -0.398. The molecule has 1 aliphatic rings. The van der Waals surface area contributed by atoms with Crippen molar-refractivity contribution in [3.8, 4) is 5.69 Å². The van der Waals surface area contributed by atoms with Gasteiger partial charge in [-0.05, 0) is 42.5 Å². The van der Waals surface area contributed by atoms with E-state index >= 15 is 0 Å². The van der Waals surface area contributed by atoms with Crippen molar-refractivity contribution in [3.05, 3.63) is 174 Å². The Hall–Kier alpha value is -6.92. The van der Waals surface area contributed by atoms with Gasteiger partial charge in [0.15, 0.2) is 11.4 Å². The Bertz CT molecular complexity index is 3020. The number of fused-ring (bicyclic) bond motifs is 9. The van der Waals surface area contributed by atoms with Crippen LogP contribution in [0.1, 0.15) is 22.9 Å². The van der Waals surface area contributed by atoms with Crippen molar-refractivity contribution in [1.82, 2.24) is 9.88 Å². The van der Waals surface area contributed by atoms with E-state index < -0.39 is 6.17 Å². The van der Waals surface area contributed by atoms with Crippen LogP contribution in [0.5, 0.6) is 0 Å². The molecule has 0 amide bonds. The molecule has 0 radical (unpaired) electrons. The van der Waals surface area contributed by atoms with Crippen molar-refractivity contribution >= 4 is 77.4 Å². The number of para-hydroxylation sites is 4. The molecule has 6 nitrogen and oxygen atoms in total. The van der Waals surface area contributed by atoms with E-state index in [1.165, 1.54) is 10.8 Å². The number of aromatic nitrogens is 1. The van der Waals surface area contributed by atoms with Gasteiger partial charge in [-0.3, -0.25) is 0 Å². The van der Waals surface area contributed by atoms with Gasteiger partial charge in [0, 0.05) is 49.0 Å². The molecule has 51 heavy (non-hydrogen) atoms. The Labute approximate surface area is 291 Å². The van der Waals surface area contributed by atoms with Crippen LogP contribution in [-0.2, 0) is 0 Å². The highest BCUT2D eigenvalue weighted by molar-refractivity contribution is 6.17. The lowest BCUT2D eigenvalue weighted by Crippen LogP contribution is -2.33. The maximum Gasteiger partial charge on any atom is 0.159 e. The lowest BCUT2D eigenvalue weighted by molar-refractivity contribution is 0.662. The second kappa shape index (κ2) is 10.8. The van der Waals surface area contributed by atoms with Crippen LogP contribution in [-0.4, -0.2) is 16.2 Å². The maximum absolute atomic E-state index is 6.80. The monoisotopic (exact) mass is 656 g/mol. The van der Waals surface area contributed by atoms with Crippen molar-refractivity contribution in [2.45, 2.75) is 6.17 Å². The van der Waals surface area contributed by atoms with Gasteiger partial charge in [0.25, 0.3) is 0 Å². The zero-order valence-corrected chi connectivity index (χ0v) is 27.2. The standard InChI is InChI=1S/C45H28N4O2/c1-2-12-27(13-3-1)43-46-44(48-45(47-43)34-18-11-23-39-41(34)33-16-6-9-22-38(33)50-39)28-24-25-31-32-17-10-21-37(42(32)51-40(31)26-28)49-35-19-7-4-14-29(35)30-15-5-8-20-36(30)49/h1-26,45H,(H,46,47,48). The van der Waals surface area contributed by atoms with E-state index in [-0.39, 0.29) is 0 Å². The molecule has 1 unspecified atom stereocenters. The van der Waals surface area contributed by atoms with Crippen molar-refractivity contribution in [3.63, 3.8) is 0 Å². The highest BCUT2D eigenvalue weighted by Gasteiger charge is 2.25. The van der Waals surface area contributed by atoms with Crippen molar-refractivity contribution < 1.29 is 8.83 Å². The number of rotatable bonds is 4. The molecule has 240 valence electrons. The first kappa shape index (κ1) is 28.0. The van der Waals surface area contributed by atoms with E-state index in [0.29, 0.717) is 5.84 Å². The second-order valence-electron chi connectivity index (χ2n) is 13.0. The first-order valence-corrected chi connectivity index (χ1v) is 17.1. The summed E-state index contributed by atoms with van der Waals surface area (Å²) in [4.78, 5) is 10.4. The first-order valence-electron chi connectivity index (χ1n) is 17.1. The lowest BCUT2D eigenvalue weighted by atomic mass is 10.0. The molecule has 0 bridgehead atoms. The summed E-state index contributed by atoms with van der Waals surface area (Å²) in [5, 5.41) is 10.3. The third-order valence-corrected chi connectivity index (χ3v) is 10.1.